The average Bonchev–Trinajstić information content (AvgIpc) is 3.86. The largest absolute Gasteiger partial charge is 0.311 e. The predicted molar refractivity (Wildman–Crippen MR) is 242 cm³/mol. The van der Waals surface area contributed by atoms with Gasteiger partial charge in [0, 0.05) is 43.3 Å². The number of aryl methyl sites for hydroxylation is 2. The highest BCUT2D eigenvalue weighted by Gasteiger charge is 2.52. The second-order valence-corrected chi connectivity index (χ2v) is 17.2. The minimum absolute atomic E-state index is 0.0887. The van der Waals surface area contributed by atoms with Gasteiger partial charge in [0.05, 0.1) is 11.1 Å². The minimum Gasteiger partial charge on any atom is -0.311 e. The summed E-state index contributed by atoms with van der Waals surface area (Å²) in [6, 6.07) is 66.5. The van der Waals surface area contributed by atoms with Crippen LogP contribution in [-0.4, -0.2) is 6.71 Å². The molecule has 9 aromatic rings. The molecule has 0 unspecified atom stereocenters. The van der Waals surface area contributed by atoms with E-state index in [9.17, 15) is 0 Å². The van der Waals surface area contributed by atoms with E-state index in [4.69, 9.17) is 0 Å². The number of anilines is 6. The van der Waals surface area contributed by atoms with Crippen molar-refractivity contribution >= 4 is 78.0 Å². The van der Waals surface area contributed by atoms with Gasteiger partial charge in [-0.25, -0.2) is 0 Å². The molecule has 0 atom stereocenters. The number of para-hydroxylation sites is 3. The summed E-state index contributed by atoms with van der Waals surface area (Å²) in [5, 5.41) is 1.32. The summed E-state index contributed by atoms with van der Waals surface area (Å²) < 4.78 is 2.74. The molecule has 2 nitrogen and oxygen atoms in total. The van der Waals surface area contributed by atoms with Gasteiger partial charge in [0.15, 0.2) is 0 Å². The molecule has 0 bridgehead atoms. The first-order chi connectivity index (χ1) is 28.1. The molecule has 0 radical (unpaired) electrons. The van der Waals surface area contributed by atoms with E-state index in [1.807, 2.05) is 11.3 Å². The van der Waals surface area contributed by atoms with Crippen LogP contribution in [0.1, 0.15) is 33.4 Å². The van der Waals surface area contributed by atoms with Crippen LogP contribution in [0.15, 0.2) is 176 Å². The highest BCUT2D eigenvalue weighted by molar-refractivity contribution is 7.33. The third kappa shape index (κ3) is 3.96. The van der Waals surface area contributed by atoms with Crippen molar-refractivity contribution in [2.45, 2.75) is 19.3 Å². The van der Waals surface area contributed by atoms with Crippen LogP contribution in [0, 0.1) is 13.8 Å². The molecule has 3 heterocycles. The molecule has 2 aliphatic carbocycles. The van der Waals surface area contributed by atoms with E-state index < -0.39 is 0 Å². The third-order valence-electron chi connectivity index (χ3n) is 13.1. The topological polar surface area (TPSA) is 6.48 Å². The van der Waals surface area contributed by atoms with Gasteiger partial charge in [0.1, 0.15) is 0 Å². The minimum atomic E-state index is -0.386. The van der Waals surface area contributed by atoms with Crippen molar-refractivity contribution in [2.24, 2.45) is 0 Å². The molecule has 0 N–H and O–H groups in total. The molecule has 1 aromatic heterocycles. The van der Waals surface area contributed by atoms with Crippen LogP contribution in [0.3, 0.4) is 0 Å². The summed E-state index contributed by atoms with van der Waals surface area (Å²) in [6.07, 6.45) is 0. The molecule has 1 spiro atoms. The van der Waals surface area contributed by atoms with Gasteiger partial charge in [-0.05, 0) is 129 Å². The van der Waals surface area contributed by atoms with Gasteiger partial charge in [-0.2, -0.15) is 0 Å². The van der Waals surface area contributed by atoms with Crippen molar-refractivity contribution in [3.05, 3.63) is 209 Å². The van der Waals surface area contributed by atoms with Gasteiger partial charge in [0.2, 0.25) is 0 Å². The Hall–Kier alpha value is -6.62. The lowest BCUT2D eigenvalue weighted by molar-refractivity contribution is 0.794. The predicted octanol–water partition coefficient (Wildman–Crippen LogP) is 11.9. The first-order valence-corrected chi connectivity index (χ1v) is 20.8. The van der Waals surface area contributed by atoms with Gasteiger partial charge in [-0.3, -0.25) is 0 Å². The first kappa shape index (κ1) is 31.6. The van der Waals surface area contributed by atoms with Gasteiger partial charge in [-0.15, -0.1) is 11.3 Å². The monoisotopic (exact) mass is 742 g/mol. The maximum atomic E-state index is 2.59. The standard InChI is InChI=1S/C53H35BN2S/c1-32-25-26-38-39-30-40-49(31-44(39)53(43(38)27-32)41-21-11-9-19-36(41)37-20-10-12-22-42(37)53)57-52-51(40)56(35-17-7-4-8-18-35)48-29-33(2)28-47-50(48)54(52)45-23-13-14-24-46(45)55(47)34-15-5-3-6-16-34/h3-31H,1-2H3. The molecule has 0 saturated carbocycles. The Kier molecular flexibility index (Phi) is 6.23. The molecule has 57 heavy (non-hydrogen) atoms. The highest BCUT2D eigenvalue weighted by atomic mass is 32.1. The van der Waals surface area contributed by atoms with E-state index in [1.54, 1.807) is 0 Å². The molecule has 4 heteroatoms. The smallest absolute Gasteiger partial charge is 0.264 e. The van der Waals surface area contributed by atoms with E-state index in [2.05, 4.69) is 200 Å². The van der Waals surface area contributed by atoms with E-state index in [0.29, 0.717) is 0 Å². The van der Waals surface area contributed by atoms with Gasteiger partial charge >= 0.3 is 0 Å². The van der Waals surface area contributed by atoms with Crippen LogP contribution in [0.25, 0.3) is 32.3 Å². The Morgan fingerprint density at radius 2 is 1.04 bits per heavy atom. The van der Waals surface area contributed by atoms with Gasteiger partial charge in [0.25, 0.3) is 6.71 Å². The fourth-order valence-electron chi connectivity index (χ4n) is 11.0. The van der Waals surface area contributed by atoms with Crippen LogP contribution in [0.2, 0.25) is 0 Å². The third-order valence-corrected chi connectivity index (χ3v) is 14.3. The quantitative estimate of drug-likeness (QED) is 0.163. The molecular formula is C53H35BN2S. The fourth-order valence-corrected chi connectivity index (χ4v) is 12.4. The van der Waals surface area contributed by atoms with Crippen molar-refractivity contribution in [1.82, 2.24) is 0 Å². The number of fused-ring (bicyclic) bond motifs is 16. The first-order valence-electron chi connectivity index (χ1n) is 20.0. The second kappa shape index (κ2) is 11.2. The highest BCUT2D eigenvalue weighted by Crippen LogP contribution is 2.64. The van der Waals surface area contributed by atoms with E-state index >= 15 is 0 Å². The number of hydrogen-bond donors (Lipinski definition) is 0. The Labute approximate surface area is 337 Å². The Balaban J connectivity index is 1.16. The van der Waals surface area contributed by atoms with Crippen molar-refractivity contribution in [3.8, 4) is 22.3 Å². The van der Waals surface area contributed by atoms with Crippen LogP contribution >= 0.6 is 11.3 Å². The zero-order valence-electron chi connectivity index (χ0n) is 31.6. The maximum absolute atomic E-state index is 2.59. The van der Waals surface area contributed by atoms with Crippen molar-refractivity contribution in [2.75, 3.05) is 9.80 Å². The summed E-state index contributed by atoms with van der Waals surface area (Å²) in [4.78, 5) is 5.08. The van der Waals surface area contributed by atoms with Gasteiger partial charge in [-0.1, -0.05) is 127 Å². The normalized spacial score (nSPS) is 14.5. The summed E-state index contributed by atoms with van der Waals surface area (Å²) in [7, 11) is 0. The van der Waals surface area contributed by atoms with Crippen LogP contribution in [0.4, 0.5) is 34.1 Å². The molecule has 13 rings (SSSR count). The van der Waals surface area contributed by atoms with Gasteiger partial charge < -0.3 is 9.80 Å². The lowest BCUT2D eigenvalue weighted by Crippen LogP contribution is -2.60. The lowest BCUT2D eigenvalue weighted by Gasteiger charge is -2.43. The number of hydrogen-bond acceptors (Lipinski definition) is 3. The van der Waals surface area contributed by atoms with Crippen molar-refractivity contribution in [1.29, 1.82) is 0 Å². The summed E-state index contributed by atoms with van der Waals surface area (Å²) in [6.45, 7) is 4.58. The maximum Gasteiger partial charge on any atom is 0.264 e. The molecule has 0 amide bonds. The Bertz CT molecular complexity index is 3140. The number of rotatable bonds is 2. The summed E-state index contributed by atoms with van der Waals surface area (Å²) in [5.41, 5.74) is 23.2. The van der Waals surface area contributed by atoms with E-state index in [1.165, 1.54) is 116 Å². The number of thiophene rings is 1. The molecule has 0 fully saturated rings. The van der Waals surface area contributed by atoms with E-state index in [0.717, 1.165) is 0 Å². The zero-order chi connectivity index (χ0) is 37.6. The van der Waals surface area contributed by atoms with Crippen molar-refractivity contribution < 1.29 is 0 Å². The van der Waals surface area contributed by atoms with Crippen LogP contribution in [0.5, 0.6) is 0 Å². The van der Waals surface area contributed by atoms with Crippen LogP contribution in [-0.2, 0) is 5.41 Å². The zero-order valence-corrected chi connectivity index (χ0v) is 32.4. The van der Waals surface area contributed by atoms with Crippen molar-refractivity contribution in [3.63, 3.8) is 0 Å². The molecule has 4 aliphatic rings. The van der Waals surface area contributed by atoms with E-state index in [-0.39, 0.29) is 12.1 Å². The molecule has 8 aromatic carbocycles. The Morgan fingerprint density at radius 3 is 1.75 bits per heavy atom. The summed E-state index contributed by atoms with van der Waals surface area (Å²) in [5.74, 6) is 0. The molecule has 0 saturated heterocycles. The molecule has 2 aliphatic heterocycles. The lowest BCUT2D eigenvalue weighted by atomic mass is 9.36. The molecular weight excluding hydrogens is 707 g/mol. The SMILES string of the molecule is Cc1cc2c3c(c1)N(c1ccccc1)c1c(sc4cc5c(cc14)-c1ccc(C)cc1C51c4ccccc4-c4ccccc41)B3c1ccccc1N2c1ccccc1. The second-order valence-electron chi connectivity index (χ2n) is 16.1. The number of benzene rings is 8. The fraction of sp³-hybridized carbons (Fsp3) is 0.0566. The molecule has 266 valence electrons. The number of nitrogens with zero attached hydrogens (tertiary/aromatic N) is 2. The van der Waals surface area contributed by atoms with Crippen LogP contribution < -0.4 is 25.5 Å². The summed E-state index contributed by atoms with van der Waals surface area (Å²) >= 11 is 1.99. The average molecular weight is 743 g/mol. The Morgan fingerprint density at radius 1 is 0.456 bits per heavy atom.